The van der Waals surface area contributed by atoms with E-state index in [1.165, 1.54) is 0 Å². The fourth-order valence-electron chi connectivity index (χ4n) is 2.82. The highest BCUT2D eigenvalue weighted by Gasteiger charge is 2.42. The van der Waals surface area contributed by atoms with Crippen LogP contribution in [0.2, 0.25) is 0 Å². The number of piperidine rings is 1. The molecule has 0 aliphatic carbocycles. The van der Waals surface area contributed by atoms with Gasteiger partial charge in [0.1, 0.15) is 5.82 Å². The van der Waals surface area contributed by atoms with E-state index < -0.39 is 12.1 Å². The minimum absolute atomic E-state index is 0.0290. The van der Waals surface area contributed by atoms with Crippen LogP contribution in [0.15, 0.2) is 0 Å². The molecule has 114 valence electrons. The van der Waals surface area contributed by atoms with Crippen molar-refractivity contribution in [1.82, 2.24) is 9.78 Å². The molecule has 1 aliphatic heterocycles. The average molecular weight is 290 g/mol. The standard InChI is InChI=1S/C13H21F3N4/c1-3-5-10-11(17)12(19(2)18-10)20-7-4-6-9(8-20)13(14,15)16/h9H,3-8,17H2,1-2H3. The van der Waals surface area contributed by atoms with Gasteiger partial charge in [-0.05, 0) is 19.3 Å². The van der Waals surface area contributed by atoms with Crippen LogP contribution in [-0.2, 0) is 13.5 Å². The van der Waals surface area contributed by atoms with Crippen molar-refractivity contribution in [2.24, 2.45) is 13.0 Å². The third kappa shape index (κ3) is 2.86. The summed E-state index contributed by atoms with van der Waals surface area (Å²) in [5, 5.41) is 4.33. The Labute approximate surface area is 116 Å². The Morgan fingerprint density at radius 2 is 2.10 bits per heavy atom. The molecule has 1 aromatic rings. The predicted molar refractivity (Wildman–Crippen MR) is 72.6 cm³/mol. The average Bonchev–Trinajstić information content (AvgIpc) is 2.64. The summed E-state index contributed by atoms with van der Waals surface area (Å²) in [7, 11) is 1.74. The van der Waals surface area contributed by atoms with Crippen molar-refractivity contribution in [3.05, 3.63) is 5.69 Å². The van der Waals surface area contributed by atoms with Gasteiger partial charge in [-0.15, -0.1) is 0 Å². The number of anilines is 2. The number of hydrogen-bond donors (Lipinski definition) is 1. The Morgan fingerprint density at radius 1 is 1.40 bits per heavy atom. The first-order valence-corrected chi connectivity index (χ1v) is 6.97. The molecule has 1 atom stereocenters. The third-order valence-corrected chi connectivity index (χ3v) is 3.80. The van der Waals surface area contributed by atoms with E-state index in [2.05, 4.69) is 5.10 Å². The summed E-state index contributed by atoms with van der Waals surface area (Å²) in [5.74, 6) is -0.650. The van der Waals surface area contributed by atoms with Gasteiger partial charge >= 0.3 is 6.18 Å². The summed E-state index contributed by atoms with van der Waals surface area (Å²) >= 11 is 0. The van der Waals surface area contributed by atoms with E-state index in [1.54, 1.807) is 16.6 Å². The molecule has 0 spiro atoms. The van der Waals surface area contributed by atoms with Crippen molar-refractivity contribution >= 4 is 11.5 Å². The van der Waals surface area contributed by atoms with Gasteiger partial charge in [0.25, 0.3) is 0 Å². The molecular weight excluding hydrogens is 269 g/mol. The Kier molecular flexibility index (Phi) is 4.15. The second kappa shape index (κ2) is 5.54. The normalized spacial score (nSPS) is 20.4. The molecule has 0 saturated carbocycles. The predicted octanol–water partition coefficient (Wildman–Crippen LogP) is 2.73. The van der Waals surface area contributed by atoms with Crippen LogP contribution in [0.3, 0.4) is 0 Å². The zero-order valence-electron chi connectivity index (χ0n) is 11.9. The monoisotopic (exact) mass is 290 g/mol. The molecular formula is C13H21F3N4. The lowest BCUT2D eigenvalue weighted by Gasteiger charge is -2.35. The molecule has 20 heavy (non-hydrogen) atoms. The number of aromatic nitrogens is 2. The Balaban J connectivity index is 2.23. The number of aryl methyl sites for hydroxylation is 2. The lowest BCUT2D eigenvalue weighted by Crippen LogP contribution is -2.42. The van der Waals surface area contributed by atoms with E-state index in [1.807, 2.05) is 6.92 Å². The van der Waals surface area contributed by atoms with Crippen LogP contribution < -0.4 is 10.6 Å². The first kappa shape index (κ1) is 15.0. The van der Waals surface area contributed by atoms with Crippen molar-refractivity contribution in [2.75, 3.05) is 23.7 Å². The van der Waals surface area contributed by atoms with Crippen molar-refractivity contribution in [3.8, 4) is 0 Å². The number of halogens is 3. The topological polar surface area (TPSA) is 47.1 Å². The number of nitrogens with two attached hydrogens (primary N) is 1. The van der Waals surface area contributed by atoms with Gasteiger partial charge in [0.15, 0.2) is 0 Å². The zero-order chi connectivity index (χ0) is 14.9. The minimum Gasteiger partial charge on any atom is -0.394 e. The summed E-state index contributed by atoms with van der Waals surface area (Å²) in [6.45, 7) is 2.59. The van der Waals surface area contributed by atoms with Gasteiger partial charge in [0.05, 0.1) is 17.3 Å². The van der Waals surface area contributed by atoms with Crippen LogP contribution in [0.5, 0.6) is 0 Å². The van der Waals surface area contributed by atoms with E-state index in [-0.39, 0.29) is 13.0 Å². The summed E-state index contributed by atoms with van der Waals surface area (Å²) in [6, 6.07) is 0. The zero-order valence-corrected chi connectivity index (χ0v) is 11.9. The summed E-state index contributed by atoms with van der Waals surface area (Å²) in [4.78, 5) is 1.73. The number of nitrogen functional groups attached to an aromatic ring is 1. The molecule has 4 nitrogen and oxygen atoms in total. The smallest absolute Gasteiger partial charge is 0.393 e. The molecule has 0 amide bonds. The SMILES string of the molecule is CCCc1nn(C)c(N2CCCC(C(F)(F)F)C2)c1N. The summed E-state index contributed by atoms with van der Waals surface area (Å²) in [5.41, 5.74) is 7.37. The third-order valence-electron chi connectivity index (χ3n) is 3.80. The first-order valence-electron chi connectivity index (χ1n) is 6.97. The second-order valence-corrected chi connectivity index (χ2v) is 5.38. The molecule has 1 fully saturated rings. The molecule has 2 heterocycles. The van der Waals surface area contributed by atoms with E-state index in [9.17, 15) is 13.2 Å². The lowest BCUT2D eigenvalue weighted by atomic mass is 9.97. The van der Waals surface area contributed by atoms with Gasteiger partial charge < -0.3 is 10.6 Å². The molecule has 1 aromatic heterocycles. The summed E-state index contributed by atoms with van der Waals surface area (Å²) in [6.07, 6.45) is -1.77. The van der Waals surface area contributed by atoms with Gasteiger partial charge in [0, 0.05) is 20.1 Å². The molecule has 1 saturated heterocycles. The van der Waals surface area contributed by atoms with Crippen molar-refractivity contribution in [3.63, 3.8) is 0 Å². The van der Waals surface area contributed by atoms with Gasteiger partial charge in [-0.2, -0.15) is 18.3 Å². The van der Waals surface area contributed by atoms with Crippen LogP contribution in [-0.4, -0.2) is 29.0 Å². The maximum atomic E-state index is 12.9. The molecule has 0 bridgehead atoms. The van der Waals surface area contributed by atoms with Gasteiger partial charge in [0.2, 0.25) is 0 Å². The van der Waals surface area contributed by atoms with Crippen molar-refractivity contribution in [2.45, 2.75) is 38.8 Å². The van der Waals surface area contributed by atoms with Crippen LogP contribution in [0.25, 0.3) is 0 Å². The van der Waals surface area contributed by atoms with Gasteiger partial charge in [-0.1, -0.05) is 13.3 Å². The van der Waals surface area contributed by atoms with E-state index >= 15 is 0 Å². The van der Waals surface area contributed by atoms with Gasteiger partial charge in [-0.3, -0.25) is 4.68 Å². The van der Waals surface area contributed by atoms with Crippen molar-refractivity contribution in [1.29, 1.82) is 0 Å². The Bertz CT molecular complexity index is 467. The highest BCUT2D eigenvalue weighted by molar-refractivity contribution is 5.66. The van der Waals surface area contributed by atoms with Crippen LogP contribution in [0, 0.1) is 5.92 Å². The minimum atomic E-state index is -4.14. The second-order valence-electron chi connectivity index (χ2n) is 5.38. The lowest BCUT2D eigenvalue weighted by molar-refractivity contribution is -0.176. The van der Waals surface area contributed by atoms with Crippen LogP contribution in [0.1, 0.15) is 31.9 Å². The van der Waals surface area contributed by atoms with Crippen LogP contribution in [0.4, 0.5) is 24.7 Å². The highest BCUT2D eigenvalue weighted by atomic mass is 19.4. The largest absolute Gasteiger partial charge is 0.394 e. The molecule has 2 N–H and O–H groups in total. The fraction of sp³-hybridized carbons (Fsp3) is 0.769. The highest BCUT2D eigenvalue weighted by Crippen LogP contribution is 2.36. The molecule has 2 rings (SSSR count). The fourth-order valence-corrected chi connectivity index (χ4v) is 2.82. The Hall–Kier alpha value is -1.40. The molecule has 0 aromatic carbocycles. The van der Waals surface area contributed by atoms with E-state index in [4.69, 9.17) is 5.73 Å². The number of alkyl halides is 3. The molecule has 0 radical (unpaired) electrons. The van der Waals surface area contributed by atoms with Crippen LogP contribution >= 0.6 is 0 Å². The van der Waals surface area contributed by atoms with Gasteiger partial charge in [-0.25, -0.2) is 0 Å². The maximum Gasteiger partial charge on any atom is 0.393 e. The molecule has 1 aliphatic rings. The maximum absolute atomic E-state index is 12.9. The molecule has 1 unspecified atom stereocenters. The quantitative estimate of drug-likeness (QED) is 0.931. The summed E-state index contributed by atoms with van der Waals surface area (Å²) < 4.78 is 40.2. The number of hydrogen-bond acceptors (Lipinski definition) is 3. The number of nitrogens with zero attached hydrogens (tertiary/aromatic N) is 3. The van der Waals surface area contributed by atoms with E-state index in [0.29, 0.717) is 24.5 Å². The van der Waals surface area contributed by atoms with E-state index in [0.717, 1.165) is 18.5 Å². The van der Waals surface area contributed by atoms with Crippen molar-refractivity contribution < 1.29 is 13.2 Å². The number of rotatable bonds is 3. The molecule has 7 heteroatoms. The first-order chi connectivity index (χ1) is 9.34. The Morgan fingerprint density at radius 3 is 2.70 bits per heavy atom.